The summed E-state index contributed by atoms with van der Waals surface area (Å²) in [6, 6.07) is 5.89. The van der Waals surface area contributed by atoms with Crippen LogP contribution in [0.1, 0.15) is 42.6 Å². The van der Waals surface area contributed by atoms with Gasteiger partial charge in [-0.3, -0.25) is 4.79 Å². The molecule has 1 aromatic rings. The van der Waals surface area contributed by atoms with Crippen molar-refractivity contribution in [2.75, 3.05) is 25.1 Å². The van der Waals surface area contributed by atoms with Gasteiger partial charge in [-0.1, -0.05) is 13.0 Å². The molecule has 1 amide bonds. The zero-order valence-electron chi connectivity index (χ0n) is 12.6. The Kier molecular flexibility index (Phi) is 4.65. The Morgan fingerprint density at radius 3 is 2.90 bits per heavy atom. The van der Waals surface area contributed by atoms with Crippen molar-refractivity contribution in [1.29, 1.82) is 0 Å². The zero-order chi connectivity index (χ0) is 14.6. The molecule has 1 atom stereocenters. The van der Waals surface area contributed by atoms with E-state index in [1.165, 1.54) is 0 Å². The normalized spacial score (nSPS) is 21.8. The van der Waals surface area contributed by atoms with Crippen molar-refractivity contribution in [3.8, 4) is 0 Å². The van der Waals surface area contributed by atoms with Crippen molar-refractivity contribution in [3.05, 3.63) is 29.3 Å². The van der Waals surface area contributed by atoms with Gasteiger partial charge in [-0.05, 0) is 44.4 Å². The van der Waals surface area contributed by atoms with Crippen LogP contribution in [0.25, 0.3) is 0 Å². The maximum Gasteiger partial charge on any atom is 0.253 e. The van der Waals surface area contributed by atoms with Crippen LogP contribution in [-0.2, 0) is 4.74 Å². The van der Waals surface area contributed by atoms with Crippen LogP contribution in [0.2, 0.25) is 0 Å². The SMILES string of the molecule is CCCNc1cc(C)ccc1C(=O)NC1(C)CCOC1. The van der Waals surface area contributed by atoms with Gasteiger partial charge >= 0.3 is 0 Å². The third-order valence-electron chi connectivity index (χ3n) is 3.62. The van der Waals surface area contributed by atoms with Crippen LogP contribution in [0.4, 0.5) is 5.69 Å². The Morgan fingerprint density at radius 1 is 1.45 bits per heavy atom. The lowest BCUT2D eigenvalue weighted by molar-refractivity contribution is 0.0890. The number of hydrogen-bond acceptors (Lipinski definition) is 3. The van der Waals surface area contributed by atoms with Crippen molar-refractivity contribution in [3.63, 3.8) is 0 Å². The molecule has 1 aliphatic rings. The van der Waals surface area contributed by atoms with Crippen LogP contribution in [-0.4, -0.2) is 31.2 Å². The number of aryl methyl sites for hydroxylation is 1. The molecule has 0 radical (unpaired) electrons. The molecule has 1 aromatic carbocycles. The lowest BCUT2D eigenvalue weighted by Gasteiger charge is -2.24. The monoisotopic (exact) mass is 276 g/mol. The summed E-state index contributed by atoms with van der Waals surface area (Å²) >= 11 is 0. The van der Waals surface area contributed by atoms with Crippen molar-refractivity contribution >= 4 is 11.6 Å². The highest BCUT2D eigenvalue weighted by Gasteiger charge is 2.31. The van der Waals surface area contributed by atoms with Crippen LogP contribution in [0.5, 0.6) is 0 Å². The third-order valence-corrected chi connectivity index (χ3v) is 3.62. The Balaban J connectivity index is 2.15. The first-order chi connectivity index (χ1) is 9.54. The van der Waals surface area contributed by atoms with E-state index in [9.17, 15) is 4.79 Å². The van der Waals surface area contributed by atoms with Crippen molar-refractivity contribution < 1.29 is 9.53 Å². The predicted molar refractivity (Wildman–Crippen MR) is 81.3 cm³/mol. The number of amides is 1. The summed E-state index contributed by atoms with van der Waals surface area (Å²) in [6.07, 6.45) is 1.89. The highest BCUT2D eigenvalue weighted by atomic mass is 16.5. The second-order valence-corrected chi connectivity index (χ2v) is 5.79. The molecule has 0 aromatic heterocycles. The predicted octanol–water partition coefficient (Wildman–Crippen LogP) is 2.73. The molecule has 0 bridgehead atoms. The fourth-order valence-corrected chi connectivity index (χ4v) is 2.37. The Labute approximate surface area is 120 Å². The van der Waals surface area contributed by atoms with Crippen LogP contribution >= 0.6 is 0 Å². The van der Waals surface area contributed by atoms with Crippen molar-refractivity contribution in [2.45, 2.75) is 39.2 Å². The Morgan fingerprint density at radius 2 is 2.25 bits per heavy atom. The number of rotatable bonds is 5. The standard InChI is InChI=1S/C16H24N2O2/c1-4-8-17-14-10-12(2)5-6-13(14)15(19)18-16(3)7-9-20-11-16/h5-6,10,17H,4,7-9,11H2,1-3H3,(H,18,19). The summed E-state index contributed by atoms with van der Waals surface area (Å²) in [4.78, 5) is 12.5. The van der Waals surface area contributed by atoms with Gasteiger partial charge in [0.25, 0.3) is 5.91 Å². The first-order valence-corrected chi connectivity index (χ1v) is 7.29. The lowest BCUT2D eigenvalue weighted by Crippen LogP contribution is -2.46. The summed E-state index contributed by atoms with van der Waals surface area (Å²) in [6.45, 7) is 8.34. The molecule has 20 heavy (non-hydrogen) atoms. The molecule has 1 unspecified atom stereocenters. The average molecular weight is 276 g/mol. The molecule has 0 saturated carbocycles. The Bertz CT molecular complexity index is 479. The first kappa shape index (κ1) is 14.9. The van der Waals surface area contributed by atoms with Gasteiger partial charge in [-0.2, -0.15) is 0 Å². The molecule has 2 N–H and O–H groups in total. The summed E-state index contributed by atoms with van der Waals surface area (Å²) in [5.74, 6) is -0.0309. The van der Waals surface area contributed by atoms with Crippen molar-refractivity contribution in [2.24, 2.45) is 0 Å². The second-order valence-electron chi connectivity index (χ2n) is 5.79. The number of ether oxygens (including phenoxy) is 1. The molecule has 4 nitrogen and oxygen atoms in total. The number of nitrogens with one attached hydrogen (secondary N) is 2. The van der Waals surface area contributed by atoms with Crippen LogP contribution in [0, 0.1) is 6.92 Å². The van der Waals surface area contributed by atoms with Gasteiger partial charge in [0.2, 0.25) is 0 Å². The molecular weight excluding hydrogens is 252 g/mol. The number of carbonyl (C=O) groups excluding carboxylic acids is 1. The van der Waals surface area contributed by atoms with Crippen molar-refractivity contribution in [1.82, 2.24) is 5.32 Å². The summed E-state index contributed by atoms with van der Waals surface area (Å²) < 4.78 is 5.38. The quantitative estimate of drug-likeness (QED) is 0.869. The molecule has 1 saturated heterocycles. The molecule has 4 heteroatoms. The molecule has 1 aliphatic heterocycles. The molecule has 1 heterocycles. The lowest BCUT2D eigenvalue weighted by atomic mass is 10.0. The van der Waals surface area contributed by atoms with Gasteiger partial charge in [-0.25, -0.2) is 0 Å². The van der Waals surface area contributed by atoms with Crippen LogP contribution in [0.3, 0.4) is 0 Å². The minimum Gasteiger partial charge on any atom is -0.384 e. The van der Waals surface area contributed by atoms with Gasteiger partial charge in [0, 0.05) is 18.8 Å². The van der Waals surface area contributed by atoms with Crippen LogP contribution < -0.4 is 10.6 Å². The van der Waals surface area contributed by atoms with Gasteiger partial charge in [0.15, 0.2) is 0 Å². The van der Waals surface area contributed by atoms with Gasteiger partial charge in [0.1, 0.15) is 0 Å². The molecule has 0 aliphatic carbocycles. The highest BCUT2D eigenvalue weighted by Crippen LogP contribution is 2.22. The molecule has 110 valence electrons. The summed E-state index contributed by atoms with van der Waals surface area (Å²) in [5, 5.41) is 6.43. The zero-order valence-corrected chi connectivity index (χ0v) is 12.6. The summed E-state index contributed by atoms with van der Waals surface area (Å²) in [7, 11) is 0. The molecule has 0 spiro atoms. The highest BCUT2D eigenvalue weighted by molar-refractivity contribution is 6.00. The minimum atomic E-state index is -0.246. The van der Waals surface area contributed by atoms with E-state index in [0.717, 1.165) is 30.6 Å². The third kappa shape index (κ3) is 3.51. The van der Waals surface area contributed by atoms with E-state index in [2.05, 4.69) is 17.6 Å². The fourth-order valence-electron chi connectivity index (χ4n) is 2.37. The van der Waals surface area contributed by atoms with E-state index in [1.54, 1.807) is 0 Å². The van der Waals surface area contributed by atoms with E-state index in [-0.39, 0.29) is 11.4 Å². The Hall–Kier alpha value is -1.55. The number of benzene rings is 1. The summed E-state index contributed by atoms with van der Waals surface area (Å²) in [5.41, 5.74) is 2.52. The van der Waals surface area contributed by atoms with E-state index in [0.29, 0.717) is 18.8 Å². The van der Waals surface area contributed by atoms with E-state index >= 15 is 0 Å². The molecule has 2 rings (SSSR count). The van der Waals surface area contributed by atoms with Gasteiger partial charge < -0.3 is 15.4 Å². The van der Waals surface area contributed by atoms with Gasteiger partial charge in [0.05, 0.1) is 17.7 Å². The van der Waals surface area contributed by atoms with E-state index < -0.39 is 0 Å². The number of carbonyl (C=O) groups is 1. The minimum absolute atomic E-state index is 0.0309. The fraction of sp³-hybridized carbons (Fsp3) is 0.562. The largest absolute Gasteiger partial charge is 0.384 e. The number of hydrogen-bond donors (Lipinski definition) is 2. The molecule has 1 fully saturated rings. The van der Waals surface area contributed by atoms with E-state index in [1.807, 2.05) is 32.0 Å². The second kappa shape index (κ2) is 6.27. The van der Waals surface area contributed by atoms with Gasteiger partial charge in [-0.15, -0.1) is 0 Å². The average Bonchev–Trinajstić information content (AvgIpc) is 2.82. The molecular formula is C16H24N2O2. The van der Waals surface area contributed by atoms with E-state index in [4.69, 9.17) is 4.74 Å². The number of anilines is 1. The maximum absolute atomic E-state index is 12.5. The topological polar surface area (TPSA) is 50.4 Å². The smallest absolute Gasteiger partial charge is 0.253 e. The maximum atomic E-state index is 12.5. The van der Waals surface area contributed by atoms with Crippen LogP contribution in [0.15, 0.2) is 18.2 Å². The first-order valence-electron chi connectivity index (χ1n) is 7.29.